The molecule has 0 amide bonds. The molecule has 0 aliphatic carbocycles. The van der Waals surface area contributed by atoms with E-state index in [4.69, 9.17) is 14.2 Å². The second-order valence-electron chi connectivity index (χ2n) is 15.6. The normalized spacial score (nSPS) is 12.7. The number of esters is 2. The Bertz CT molecular complexity index is 977. The summed E-state index contributed by atoms with van der Waals surface area (Å²) in [5, 5.41) is 0. The van der Waals surface area contributed by atoms with E-state index in [-0.39, 0.29) is 25.2 Å². The fourth-order valence-electron chi connectivity index (χ4n) is 6.49. The summed E-state index contributed by atoms with van der Waals surface area (Å²) in [6, 6.07) is 0. The third kappa shape index (κ3) is 44.3. The van der Waals surface area contributed by atoms with Crippen molar-refractivity contribution in [3.05, 3.63) is 60.8 Å². The van der Waals surface area contributed by atoms with Crippen LogP contribution in [0.3, 0.4) is 0 Å². The number of rotatable bonds is 43. The van der Waals surface area contributed by atoms with E-state index < -0.39 is 6.10 Å². The highest BCUT2D eigenvalue weighted by molar-refractivity contribution is 5.70. The molecule has 0 aliphatic heterocycles. The molecule has 0 radical (unpaired) electrons. The number of unbranched alkanes of at least 4 members (excludes halogenated alkanes) is 22. The predicted molar refractivity (Wildman–Crippen MR) is 242 cm³/mol. The van der Waals surface area contributed by atoms with Crippen LogP contribution in [0.15, 0.2) is 60.8 Å². The first-order chi connectivity index (χ1) is 27.6. The van der Waals surface area contributed by atoms with Crippen LogP contribution in [0, 0.1) is 0 Å². The lowest BCUT2D eigenvalue weighted by molar-refractivity contribution is -0.163. The molecule has 0 aliphatic rings. The summed E-state index contributed by atoms with van der Waals surface area (Å²) in [5.74, 6) is -0.450. The van der Waals surface area contributed by atoms with Crippen molar-refractivity contribution in [2.24, 2.45) is 0 Å². The molecule has 0 aromatic rings. The number of ether oxygens (including phenoxy) is 3. The highest BCUT2D eigenvalue weighted by Gasteiger charge is 2.17. The van der Waals surface area contributed by atoms with Crippen molar-refractivity contribution < 1.29 is 23.8 Å². The Morgan fingerprint density at radius 3 is 1.34 bits per heavy atom. The Labute approximate surface area is 347 Å². The van der Waals surface area contributed by atoms with Gasteiger partial charge in [-0.2, -0.15) is 0 Å². The molecule has 0 saturated heterocycles. The van der Waals surface area contributed by atoms with Gasteiger partial charge in [-0.25, -0.2) is 0 Å². The molecule has 0 N–H and O–H groups in total. The first-order valence-electron chi connectivity index (χ1n) is 23.8. The molecule has 0 aromatic carbocycles. The molecule has 0 heterocycles. The fraction of sp³-hybridized carbons (Fsp3) is 0.765. The maximum atomic E-state index is 12.6. The molecule has 0 rings (SSSR count). The van der Waals surface area contributed by atoms with Gasteiger partial charge in [-0.1, -0.05) is 191 Å². The van der Waals surface area contributed by atoms with Gasteiger partial charge < -0.3 is 14.2 Å². The molecule has 5 nitrogen and oxygen atoms in total. The van der Waals surface area contributed by atoms with Crippen LogP contribution in [0.25, 0.3) is 0 Å². The lowest BCUT2D eigenvalue weighted by atomic mass is 10.1. The van der Waals surface area contributed by atoms with Crippen LogP contribution in [0.4, 0.5) is 0 Å². The predicted octanol–water partition coefficient (Wildman–Crippen LogP) is 15.8. The summed E-state index contributed by atoms with van der Waals surface area (Å²) in [5.41, 5.74) is 0. The molecule has 0 saturated carbocycles. The van der Waals surface area contributed by atoms with Gasteiger partial charge in [0.15, 0.2) is 6.10 Å². The van der Waals surface area contributed by atoms with Gasteiger partial charge in [0.05, 0.1) is 6.61 Å². The summed E-state index contributed by atoms with van der Waals surface area (Å²) in [4.78, 5) is 25.1. The molecule has 56 heavy (non-hydrogen) atoms. The second kappa shape index (κ2) is 47.0. The minimum absolute atomic E-state index is 0.0629. The number of hydrogen-bond donors (Lipinski definition) is 0. The highest BCUT2D eigenvalue weighted by Crippen LogP contribution is 2.13. The zero-order chi connectivity index (χ0) is 40.7. The van der Waals surface area contributed by atoms with Crippen molar-refractivity contribution in [3.8, 4) is 0 Å². The summed E-state index contributed by atoms with van der Waals surface area (Å²) < 4.78 is 17.3. The van der Waals surface area contributed by atoms with E-state index in [1.165, 1.54) is 116 Å². The summed E-state index contributed by atoms with van der Waals surface area (Å²) >= 11 is 0. The van der Waals surface area contributed by atoms with E-state index in [1.54, 1.807) is 0 Å². The minimum atomic E-state index is -0.550. The maximum Gasteiger partial charge on any atom is 0.306 e. The molecule has 0 spiro atoms. The first-order valence-corrected chi connectivity index (χ1v) is 23.8. The van der Waals surface area contributed by atoms with E-state index in [1.807, 2.05) is 0 Å². The number of hydrogen-bond acceptors (Lipinski definition) is 5. The number of carbonyl (C=O) groups is 2. The third-order valence-electron chi connectivity index (χ3n) is 10.0. The highest BCUT2D eigenvalue weighted by atomic mass is 16.6. The summed E-state index contributed by atoms with van der Waals surface area (Å²) in [6.07, 6.45) is 58.1. The average Bonchev–Trinajstić information content (AvgIpc) is 3.20. The van der Waals surface area contributed by atoms with Gasteiger partial charge in [-0.05, 0) is 83.5 Å². The van der Waals surface area contributed by atoms with E-state index in [0.29, 0.717) is 19.4 Å². The third-order valence-corrected chi connectivity index (χ3v) is 10.0. The average molecular weight is 783 g/mol. The summed E-state index contributed by atoms with van der Waals surface area (Å²) in [6.45, 7) is 7.63. The van der Waals surface area contributed by atoms with Crippen LogP contribution in [0.2, 0.25) is 0 Å². The molecule has 1 unspecified atom stereocenters. The molecule has 0 aromatic heterocycles. The van der Waals surface area contributed by atoms with Crippen LogP contribution in [0.1, 0.15) is 226 Å². The zero-order valence-electron chi connectivity index (χ0n) is 37.1. The maximum absolute atomic E-state index is 12.6. The van der Waals surface area contributed by atoms with E-state index in [2.05, 4.69) is 81.5 Å². The summed E-state index contributed by atoms with van der Waals surface area (Å²) in [7, 11) is 0. The number of allylic oxidation sites excluding steroid dienone is 10. The quantitative estimate of drug-likeness (QED) is 0.0350. The van der Waals surface area contributed by atoms with E-state index >= 15 is 0 Å². The molecule has 0 bridgehead atoms. The smallest absolute Gasteiger partial charge is 0.306 e. The number of carbonyl (C=O) groups excluding carboxylic acids is 2. The molecular weight excluding hydrogens is 693 g/mol. The Morgan fingerprint density at radius 2 is 0.804 bits per heavy atom. The van der Waals surface area contributed by atoms with Gasteiger partial charge in [0.25, 0.3) is 0 Å². The Kier molecular flexibility index (Phi) is 45.0. The van der Waals surface area contributed by atoms with Crippen LogP contribution < -0.4 is 0 Å². The van der Waals surface area contributed by atoms with Crippen LogP contribution in [-0.2, 0) is 23.8 Å². The Balaban J connectivity index is 4.19. The minimum Gasteiger partial charge on any atom is -0.462 e. The van der Waals surface area contributed by atoms with Gasteiger partial charge in [0, 0.05) is 19.4 Å². The standard InChI is InChI=1S/C51H90O5/c1-4-7-10-13-16-18-20-22-24-25-26-28-30-32-34-37-40-43-46-54-47-49(56-51(53)45-42-39-35-15-12-9-6-3)48-55-50(52)44-41-38-36-33-31-29-27-23-21-19-17-14-11-8-5-2/h8,11,17,19,22-24,27,31,33,49H,4-7,9-10,12-16,18,20-21,25-26,28-30,32,34-48H2,1-3H3/b11-8-,19-17-,24-22-,27-23-,33-31-. The van der Waals surface area contributed by atoms with Gasteiger partial charge in [0.1, 0.15) is 6.61 Å². The lowest BCUT2D eigenvalue weighted by Gasteiger charge is -2.18. The van der Waals surface area contributed by atoms with E-state index in [9.17, 15) is 9.59 Å². The van der Waals surface area contributed by atoms with Crippen molar-refractivity contribution in [3.63, 3.8) is 0 Å². The van der Waals surface area contributed by atoms with Crippen molar-refractivity contribution >= 4 is 11.9 Å². The molecular formula is C51H90O5. The second-order valence-corrected chi connectivity index (χ2v) is 15.6. The van der Waals surface area contributed by atoms with Crippen LogP contribution >= 0.6 is 0 Å². The topological polar surface area (TPSA) is 61.8 Å². The van der Waals surface area contributed by atoms with Crippen molar-refractivity contribution in [2.75, 3.05) is 19.8 Å². The van der Waals surface area contributed by atoms with Gasteiger partial charge >= 0.3 is 11.9 Å². The molecule has 324 valence electrons. The van der Waals surface area contributed by atoms with Crippen molar-refractivity contribution in [2.45, 2.75) is 232 Å². The van der Waals surface area contributed by atoms with Gasteiger partial charge in [0.2, 0.25) is 0 Å². The Hall–Kier alpha value is -2.40. The van der Waals surface area contributed by atoms with Crippen LogP contribution in [0.5, 0.6) is 0 Å². The van der Waals surface area contributed by atoms with Gasteiger partial charge in [-0.15, -0.1) is 0 Å². The Morgan fingerprint density at radius 1 is 0.411 bits per heavy atom. The fourth-order valence-corrected chi connectivity index (χ4v) is 6.49. The molecule has 1 atom stereocenters. The molecule has 5 heteroatoms. The molecule has 0 fully saturated rings. The SMILES string of the molecule is CC/C=C\C/C=C\C/C=C\C/C=C\CCCCC(=O)OCC(COCCCCCCCCCC/C=C\CCCCCCCC)OC(=O)CCCCCCCCC. The van der Waals surface area contributed by atoms with Crippen molar-refractivity contribution in [1.29, 1.82) is 0 Å². The zero-order valence-corrected chi connectivity index (χ0v) is 37.1. The van der Waals surface area contributed by atoms with Gasteiger partial charge in [-0.3, -0.25) is 9.59 Å². The first kappa shape index (κ1) is 53.6. The van der Waals surface area contributed by atoms with E-state index in [0.717, 1.165) is 77.0 Å². The largest absolute Gasteiger partial charge is 0.462 e. The van der Waals surface area contributed by atoms with Crippen molar-refractivity contribution in [1.82, 2.24) is 0 Å². The monoisotopic (exact) mass is 783 g/mol. The van der Waals surface area contributed by atoms with Crippen LogP contribution in [-0.4, -0.2) is 37.9 Å². The lowest BCUT2D eigenvalue weighted by Crippen LogP contribution is -2.30.